The SMILES string of the molecule is CN1CCc2cc(OCCO/N=C(\C(=O)O)c3csc(NC(c4ccccc4)(c4ccccc4)c4ccccc4)n3)ccc2C1. The number of nitrogens with one attached hydrogen (secondary N) is 1. The minimum Gasteiger partial charge on any atom is -0.490 e. The summed E-state index contributed by atoms with van der Waals surface area (Å²) in [6.45, 7) is 2.27. The van der Waals surface area contributed by atoms with Crippen LogP contribution in [0.1, 0.15) is 33.5 Å². The van der Waals surface area contributed by atoms with E-state index < -0.39 is 11.5 Å². The summed E-state index contributed by atoms with van der Waals surface area (Å²) >= 11 is 1.31. The van der Waals surface area contributed by atoms with Crippen molar-refractivity contribution in [2.45, 2.75) is 18.5 Å². The van der Waals surface area contributed by atoms with Crippen molar-refractivity contribution in [3.8, 4) is 5.75 Å². The van der Waals surface area contributed by atoms with Crippen molar-refractivity contribution in [2.24, 2.45) is 5.16 Å². The number of ether oxygens (including phenoxy) is 1. The molecular formula is C36H34N4O4S. The van der Waals surface area contributed by atoms with E-state index in [9.17, 15) is 9.90 Å². The minimum atomic E-state index is -1.23. The number of carboxylic acid groups (broad SMARTS) is 1. The maximum atomic E-state index is 12.2. The van der Waals surface area contributed by atoms with E-state index in [1.807, 2.05) is 60.7 Å². The summed E-state index contributed by atoms with van der Waals surface area (Å²) < 4.78 is 5.85. The average Bonchev–Trinajstić information content (AvgIpc) is 3.54. The number of nitrogens with zero attached hydrogens (tertiary/aromatic N) is 3. The molecule has 0 amide bonds. The molecule has 0 spiro atoms. The largest absolute Gasteiger partial charge is 0.490 e. The molecule has 45 heavy (non-hydrogen) atoms. The van der Waals surface area contributed by atoms with E-state index in [0.29, 0.717) is 5.13 Å². The number of thiazole rings is 1. The Bertz CT molecular complexity index is 1660. The van der Waals surface area contributed by atoms with E-state index >= 15 is 0 Å². The summed E-state index contributed by atoms with van der Waals surface area (Å²) in [6, 6.07) is 36.5. The van der Waals surface area contributed by atoms with Gasteiger partial charge in [-0.3, -0.25) is 0 Å². The lowest BCUT2D eigenvalue weighted by Crippen LogP contribution is -2.38. The standard InChI is InChI=1S/C36H34N4O4S/c1-40-20-19-26-23-31(18-17-27(26)24-40)43-21-22-44-39-33(34(41)42)32-25-45-35(37-32)38-36(28-11-5-2-6-12-28,29-13-7-3-8-14-29)30-15-9-4-10-16-30/h2-18,23,25H,19-22,24H2,1H3,(H,37,38)(H,41,42)/b39-33-. The van der Waals surface area contributed by atoms with Crippen LogP contribution in [0.3, 0.4) is 0 Å². The maximum Gasteiger partial charge on any atom is 0.360 e. The van der Waals surface area contributed by atoms with Crippen molar-refractivity contribution in [1.29, 1.82) is 0 Å². The second kappa shape index (κ2) is 13.8. The van der Waals surface area contributed by atoms with Gasteiger partial charge in [-0.25, -0.2) is 9.78 Å². The molecule has 2 N–H and O–H groups in total. The smallest absolute Gasteiger partial charge is 0.360 e. The van der Waals surface area contributed by atoms with E-state index in [4.69, 9.17) is 9.57 Å². The minimum absolute atomic E-state index is 0.0883. The number of carbonyl (C=O) groups is 1. The molecule has 0 saturated carbocycles. The number of hydrogen-bond acceptors (Lipinski definition) is 8. The first-order valence-electron chi connectivity index (χ1n) is 14.8. The third kappa shape index (κ3) is 6.74. The lowest BCUT2D eigenvalue weighted by Gasteiger charge is -2.36. The molecule has 9 heteroatoms. The highest BCUT2D eigenvalue weighted by molar-refractivity contribution is 7.14. The molecule has 1 aliphatic rings. The first-order chi connectivity index (χ1) is 22.0. The number of aliphatic carboxylic acids is 1. The predicted octanol–water partition coefficient (Wildman–Crippen LogP) is 6.42. The fraction of sp³-hybridized carbons (Fsp3) is 0.194. The van der Waals surface area contributed by atoms with Gasteiger partial charge < -0.3 is 24.9 Å². The third-order valence-corrected chi connectivity index (χ3v) is 8.60. The highest BCUT2D eigenvalue weighted by atomic mass is 32.1. The van der Waals surface area contributed by atoms with Crippen LogP contribution in [0.2, 0.25) is 0 Å². The van der Waals surface area contributed by atoms with Crippen molar-refractivity contribution in [2.75, 3.05) is 32.1 Å². The quantitative estimate of drug-likeness (QED) is 0.0721. The molecule has 0 fully saturated rings. The third-order valence-electron chi connectivity index (χ3n) is 7.84. The number of likely N-dealkylation sites (N-methyl/N-ethyl adjacent to an activating group) is 1. The summed E-state index contributed by atoms with van der Waals surface area (Å²) in [5, 5.41) is 19.8. The molecule has 6 rings (SSSR count). The molecule has 2 heterocycles. The van der Waals surface area contributed by atoms with Crippen molar-refractivity contribution in [3.05, 3.63) is 148 Å². The van der Waals surface area contributed by atoms with Crippen LogP contribution in [0.5, 0.6) is 5.75 Å². The number of benzene rings is 4. The van der Waals surface area contributed by atoms with Crippen LogP contribution in [0.4, 0.5) is 5.13 Å². The van der Waals surface area contributed by atoms with Crippen LogP contribution in [-0.2, 0) is 28.1 Å². The summed E-state index contributed by atoms with van der Waals surface area (Å²) in [4.78, 5) is 24.6. The molecule has 1 aliphatic heterocycles. The van der Waals surface area contributed by atoms with E-state index in [1.165, 1.54) is 22.5 Å². The highest BCUT2D eigenvalue weighted by Gasteiger charge is 2.37. The van der Waals surface area contributed by atoms with E-state index in [0.717, 1.165) is 42.0 Å². The molecule has 0 unspecified atom stereocenters. The van der Waals surface area contributed by atoms with Gasteiger partial charge in [0.2, 0.25) is 5.71 Å². The normalized spacial score (nSPS) is 13.6. The molecule has 0 bridgehead atoms. The Kier molecular flexibility index (Phi) is 9.19. The predicted molar refractivity (Wildman–Crippen MR) is 177 cm³/mol. The van der Waals surface area contributed by atoms with Crippen LogP contribution < -0.4 is 10.1 Å². The highest BCUT2D eigenvalue weighted by Crippen LogP contribution is 2.40. The van der Waals surface area contributed by atoms with Crippen LogP contribution >= 0.6 is 11.3 Å². The molecule has 0 atom stereocenters. The van der Waals surface area contributed by atoms with E-state index in [-0.39, 0.29) is 24.6 Å². The first kappa shape index (κ1) is 30.1. The van der Waals surface area contributed by atoms with Gasteiger partial charge in [-0.2, -0.15) is 0 Å². The maximum absolute atomic E-state index is 12.2. The van der Waals surface area contributed by atoms with Crippen molar-refractivity contribution >= 4 is 28.1 Å². The molecule has 1 aromatic heterocycles. The van der Waals surface area contributed by atoms with Gasteiger partial charge in [0.1, 0.15) is 23.6 Å². The van der Waals surface area contributed by atoms with Crippen molar-refractivity contribution in [1.82, 2.24) is 9.88 Å². The zero-order valence-corrected chi connectivity index (χ0v) is 25.7. The molecule has 0 radical (unpaired) electrons. The lowest BCUT2D eigenvalue weighted by atomic mass is 9.77. The fourth-order valence-electron chi connectivity index (χ4n) is 5.64. The molecule has 0 saturated heterocycles. The second-order valence-electron chi connectivity index (χ2n) is 10.9. The Morgan fingerprint density at radius 3 is 2.13 bits per heavy atom. The van der Waals surface area contributed by atoms with Crippen LogP contribution in [0, 0.1) is 0 Å². The van der Waals surface area contributed by atoms with E-state index in [2.05, 4.69) is 75.9 Å². The van der Waals surface area contributed by atoms with E-state index in [1.54, 1.807) is 5.38 Å². The number of hydrogen-bond donors (Lipinski definition) is 2. The molecular weight excluding hydrogens is 584 g/mol. The average molecular weight is 619 g/mol. The first-order valence-corrected chi connectivity index (χ1v) is 15.7. The van der Waals surface area contributed by atoms with Crippen LogP contribution in [-0.4, -0.2) is 53.5 Å². The van der Waals surface area contributed by atoms with Crippen LogP contribution in [0.15, 0.2) is 120 Å². The zero-order chi connectivity index (χ0) is 31.1. The number of anilines is 1. The Hall–Kier alpha value is -4.99. The molecule has 4 aromatic carbocycles. The number of rotatable bonds is 12. The molecule has 8 nitrogen and oxygen atoms in total. The van der Waals surface area contributed by atoms with Gasteiger partial charge in [-0.15, -0.1) is 11.3 Å². The van der Waals surface area contributed by atoms with Crippen LogP contribution in [0.25, 0.3) is 0 Å². The Balaban J connectivity index is 1.20. The topological polar surface area (TPSA) is 96.3 Å². The van der Waals surface area contributed by atoms with Gasteiger partial charge in [0.15, 0.2) is 11.7 Å². The van der Waals surface area contributed by atoms with Gasteiger partial charge >= 0.3 is 5.97 Å². The van der Waals surface area contributed by atoms with Gasteiger partial charge in [-0.1, -0.05) is 102 Å². The summed E-state index contributed by atoms with van der Waals surface area (Å²) in [7, 11) is 2.12. The lowest BCUT2D eigenvalue weighted by molar-refractivity contribution is -0.129. The molecule has 0 aliphatic carbocycles. The molecule has 5 aromatic rings. The Labute approximate surface area is 266 Å². The van der Waals surface area contributed by atoms with Gasteiger partial charge in [0.05, 0.1) is 0 Å². The summed E-state index contributed by atoms with van der Waals surface area (Å²) in [5.74, 6) is -0.467. The van der Waals surface area contributed by atoms with Gasteiger partial charge in [0, 0.05) is 18.5 Å². The summed E-state index contributed by atoms with van der Waals surface area (Å²) in [6.07, 6.45) is 0.986. The van der Waals surface area contributed by atoms with Gasteiger partial charge in [-0.05, 0) is 53.4 Å². The Morgan fingerprint density at radius 1 is 0.911 bits per heavy atom. The number of oxime groups is 1. The van der Waals surface area contributed by atoms with Crippen molar-refractivity contribution in [3.63, 3.8) is 0 Å². The fourth-order valence-corrected chi connectivity index (χ4v) is 6.39. The number of carboxylic acids is 1. The van der Waals surface area contributed by atoms with Gasteiger partial charge in [0.25, 0.3) is 0 Å². The second-order valence-corrected chi connectivity index (χ2v) is 11.7. The number of fused-ring (bicyclic) bond motifs is 1. The zero-order valence-electron chi connectivity index (χ0n) is 24.9. The molecule has 228 valence electrons. The number of aromatic nitrogens is 1. The van der Waals surface area contributed by atoms with Crippen molar-refractivity contribution < 1.29 is 19.5 Å². The summed E-state index contributed by atoms with van der Waals surface area (Å²) in [5.41, 5.74) is 4.79. The monoisotopic (exact) mass is 618 g/mol. The Morgan fingerprint density at radius 2 is 1.53 bits per heavy atom.